The van der Waals surface area contributed by atoms with Crippen LogP contribution in [-0.4, -0.2) is 48.0 Å². The zero-order valence-corrected chi connectivity index (χ0v) is 12.9. The molecule has 0 bridgehead atoms. The van der Waals surface area contributed by atoms with Gasteiger partial charge >= 0.3 is 6.03 Å². The van der Waals surface area contributed by atoms with Crippen molar-refractivity contribution in [2.75, 3.05) is 31.5 Å². The standard InChI is InChI=1S/C15H22FN5O2/c16-12-7-13(9-18-8-12)20-15(23)19-4-2-6-21-5-1-3-11(10-21)14(17)22/h7-9,11H,1-6,10H2,(H2,17,22)(H2,19,20,23)/t11-/m1/s1. The van der Waals surface area contributed by atoms with E-state index in [0.29, 0.717) is 18.8 Å². The fraction of sp³-hybridized carbons (Fsp3) is 0.533. The number of primary amides is 1. The summed E-state index contributed by atoms with van der Waals surface area (Å²) in [5.41, 5.74) is 5.65. The number of urea groups is 1. The van der Waals surface area contributed by atoms with Gasteiger partial charge in [-0.1, -0.05) is 0 Å². The number of amides is 3. The lowest BCUT2D eigenvalue weighted by molar-refractivity contribution is -0.123. The SMILES string of the molecule is NC(=O)[C@@H]1CCCN(CCCNC(=O)Nc2cncc(F)c2)C1. The zero-order chi connectivity index (χ0) is 16.7. The van der Waals surface area contributed by atoms with Gasteiger partial charge in [-0.2, -0.15) is 0 Å². The Hall–Kier alpha value is -2.22. The van der Waals surface area contributed by atoms with Crippen LogP contribution in [0.15, 0.2) is 18.5 Å². The molecular formula is C15H22FN5O2. The van der Waals surface area contributed by atoms with Crippen LogP contribution in [0.3, 0.4) is 0 Å². The van der Waals surface area contributed by atoms with E-state index in [1.54, 1.807) is 0 Å². The molecule has 0 aliphatic carbocycles. The highest BCUT2D eigenvalue weighted by Crippen LogP contribution is 2.15. The molecule has 23 heavy (non-hydrogen) atoms. The molecule has 126 valence electrons. The fourth-order valence-corrected chi connectivity index (χ4v) is 2.65. The number of hydrogen-bond acceptors (Lipinski definition) is 4. The Labute approximate surface area is 134 Å². The summed E-state index contributed by atoms with van der Waals surface area (Å²) >= 11 is 0. The molecule has 4 N–H and O–H groups in total. The van der Waals surface area contributed by atoms with Gasteiger partial charge in [0.15, 0.2) is 0 Å². The Morgan fingerprint density at radius 1 is 1.43 bits per heavy atom. The second-order valence-corrected chi connectivity index (χ2v) is 5.67. The molecule has 3 amide bonds. The van der Waals surface area contributed by atoms with Gasteiger partial charge in [0, 0.05) is 19.2 Å². The third kappa shape index (κ3) is 5.82. The Morgan fingerprint density at radius 2 is 2.26 bits per heavy atom. The number of hydrogen-bond donors (Lipinski definition) is 3. The van der Waals surface area contributed by atoms with E-state index in [1.165, 1.54) is 12.3 Å². The van der Waals surface area contributed by atoms with E-state index in [9.17, 15) is 14.0 Å². The van der Waals surface area contributed by atoms with Gasteiger partial charge in [0.25, 0.3) is 0 Å². The lowest BCUT2D eigenvalue weighted by Crippen LogP contribution is -2.42. The van der Waals surface area contributed by atoms with Gasteiger partial charge in [0.1, 0.15) is 5.82 Å². The molecule has 1 saturated heterocycles. The topological polar surface area (TPSA) is 100 Å². The maximum Gasteiger partial charge on any atom is 0.319 e. The predicted octanol–water partition coefficient (Wildman–Crippen LogP) is 0.930. The number of carbonyl (C=O) groups excluding carboxylic acids is 2. The molecule has 0 spiro atoms. The quantitative estimate of drug-likeness (QED) is 0.678. The van der Waals surface area contributed by atoms with Gasteiger partial charge in [-0.3, -0.25) is 9.78 Å². The van der Waals surface area contributed by atoms with Gasteiger partial charge in [0.05, 0.1) is 24.0 Å². The molecule has 7 nitrogen and oxygen atoms in total. The fourth-order valence-electron chi connectivity index (χ4n) is 2.65. The summed E-state index contributed by atoms with van der Waals surface area (Å²) in [5, 5.41) is 5.22. The predicted molar refractivity (Wildman–Crippen MR) is 84.2 cm³/mol. The van der Waals surface area contributed by atoms with Crippen LogP contribution in [0.25, 0.3) is 0 Å². The normalized spacial score (nSPS) is 18.4. The highest BCUT2D eigenvalue weighted by Gasteiger charge is 2.23. The van der Waals surface area contributed by atoms with Crippen molar-refractivity contribution in [1.29, 1.82) is 0 Å². The van der Waals surface area contributed by atoms with Crippen LogP contribution in [0.5, 0.6) is 0 Å². The summed E-state index contributed by atoms with van der Waals surface area (Å²) in [6, 6.07) is 0.802. The summed E-state index contributed by atoms with van der Waals surface area (Å²) in [7, 11) is 0. The summed E-state index contributed by atoms with van der Waals surface area (Å²) in [4.78, 5) is 28.7. The molecule has 1 aliphatic heterocycles. The van der Waals surface area contributed by atoms with Crippen molar-refractivity contribution >= 4 is 17.6 Å². The van der Waals surface area contributed by atoms with E-state index in [-0.39, 0.29) is 11.8 Å². The Bertz CT molecular complexity index is 554. The van der Waals surface area contributed by atoms with E-state index in [4.69, 9.17) is 5.73 Å². The number of rotatable bonds is 6. The Balaban J connectivity index is 1.63. The highest BCUT2D eigenvalue weighted by atomic mass is 19.1. The van der Waals surface area contributed by atoms with E-state index in [1.807, 2.05) is 0 Å². The van der Waals surface area contributed by atoms with Crippen molar-refractivity contribution in [1.82, 2.24) is 15.2 Å². The first-order chi connectivity index (χ1) is 11.0. The minimum atomic E-state index is -0.503. The number of nitrogens with one attached hydrogen (secondary N) is 2. The van der Waals surface area contributed by atoms with E-state index in [2.05, 4.69) is 20.5 Å². The molecular weight excluding hydrogens is 301 g/mol. The number of likely N-dealkylation sites (tertiary alicyclic amines) is 1. The first-order valence-electron chi connectivity index (χ1n) is 7.71. The van der Waals surface area contributed by atoms with Gasteiger partial charge in [0.2, 0.25) is 5.91 Å². The maximum atomic E-state index is 12.9. The van der Waals surface area contributed by atoms with Crippen molar-refractivity contribution in [3.05, 3.63) is 24.3 Å². The monoisotopic (exact) mass is 323 g/mol. The molecule has 0 unspecified atom stereocenters. The summed E-state index contributed by atoms with van der Waals surface area (Å²) in [6.07, 6.45) is 5.03. The number of carbonyl (C=O) groups is 2. The lowest BCUT2D eigenvalue weighted by Gasteiger charge is -2.31. The van der Waals surface area contributed by atoms with Crippen molar-refractivity contribution in [2.45, 2.75) is 19.3 Å². The second-order valence-electron chi connectivity index (χ2n) is 5.67. The zero-order valence-electron chi connectivity index (χ0n) is 12.9. The highest BCUT2D eigenvalue weighted by molar-refractivity contribution is 5.88. The molecule has 2 rings (SSSR count). The maximum absolute atomic E-state index is 12.9. The summed E-state index contributed by atoms with van der Waals surface area (Å²) < 4.78 is 12.9. The molecule has 2 heterocycles. The Kier molecular flexibility index (Phi) is 6.28. The number of halogens is 1. The molecule has 1 aromatic heterocycles. The van der Waals surface area contributed by atoms with Crippen LogP contribution in [0.2, 0.25) is 0 Å². The first-order valence-corrected chi connectivity index (χ1v) is 7.71. The van der Waals surface area contributed by atoms with Crippen LogP contribution in [0.4, 0.5) is 14.9 Å². The first kappa shape index (κ1) is 17.1. The molecule has 0 saturated carbocycles. The Morgan fingerprint density at radius 3 is 3.00 bits per heavy atom. The van der Waals surface area contributed by atoms with Gasteiger partial charge < -0.3 is 21.3 Å². The average molecular weight is 323 g/mol. The third-order valence-corrected chi connectivity index (χ3v) is 3.81. The molecule has 0 radical (unpaired) electrons. The minimum Gasteiger partial charge on any atom is -0.369 e. The van der Waals surface area contributed by atoms with Crippen molar-refractivity contribution in [2.24, 2.45) is 11.7 Å². The second kappa shape index (κ2) is 8.42. The van der Waals surface area contributed by atoms with Crippen LogP contribution < -0.4 is 16.4 Å². The number of anilines is 1. The van der Waals surface area contributed by atoms with E-state index >= 15 is 0 Å². The number of nitrogens with two attached hydrogens (primary N) is 1. The van der Waals surface area contributed by atoms with Crippen molar-refractivity contribution in [3.8, 4) is 0 Å². The molecule has 1 atom stereocenters. The molecule has 8 heteroatoms. The molecule has 1 aromatic rings. The number of pyridine rings is 1. The van der Waals surface area contributed by atoms with Crippen molar-refractivity contribution < 1.29 is 14.0 Å². The minimum absolute atomic E-state index is 0.0690. The van der Waals surface area contributed by atoms with E-state index in [0.717, 1.165) is 38.5 Å². The lowest BCUT2D eigenvalue weighted by atomic mass is 9.97. The van der Waals surface area contributed by atoms with Crippen molar-refractivity contribution in [3.63, 3.8) is 0 Å². The summed E-state index contributed by atoms with van der Waals surface area (Å²) in [6.45, 7) is 2.93. The molecule has 1 fully saturated rings. The van der Waals surface area contributed by atoms with Crippen LogP contribution in [0.1, 0.15) is 19.3 Å². The number of nitrogens with zero attached hydrogens (tertiary/aromatic N) is 2. The van der Waals surface area contributed by atoms with E-state index < -0.39 is 11.8 Å². The number of piperidine rings is 1. The molecule has 0 aromatic carbocycles. The van der Waals surface area contributed by atoms with Crippen LogP contribution >= 0.6 is 0 Å². The number of aromatic nitrogens is 1. The smallest absolute Gasteiger partial charge is 0.319 e. The van der Waals surface area contributed by atoms with Gasteiger partial charge in [-0.15, -0.1) is 0 Å². The molecule has 1 aliphatic rings. The third-order valence-electron chi connectivity index (χ3n) is 3.81. The van der Waals surface area contributed by atoms with Crippen LogP contribution in [-0.2, 0) is 4.79 Å². The average Bonchev–Trinajstić information content (AvgIpc) is 2.52. The largest absolute Gasteiger partial charge is 0.369 e. The summed E-state index contributed by atoms with van der Waals surface area (Å²) in [5.74, 6) is -0.812. The van der Waals surface area contributed by atoms with Crippen LogP contribution in [0, 0.1) is 11.7 Å². The van der Waals surface area contributed by atoms with Gasteiger partial charge in [-0.25, -0.2) is 9.18 Å². The van der Waals surface area contributed by atoms with Gasteiger partial charge in [-0.05, 0) is 32.4 Å².